The molecule has 0 radical (unpaired) electrons. The fourth-order valence-electron chi connectivity index (χ4n) is 3.03. The van der Waals surface area contributed by atoms with Crippen LogP contribution >= 0.6 is 23.2 Å². The fraction of sp³-hybridized carbons (Fsp3) is 0. The number of hydrazone groups is 1. The molecule has 1 aliphatic rings. The summed E-state index contributed by atoms with van der Waals surface area (Å²) >= 11 is 12.4. The molecule has 132 valence electrons. The first-order valence-corrected chi connectivity index (χ1v) is 9.01. The summed E-state index contributed by atoms with van der Waals surface area (Å²) < 4.78 is 0. The maximum atomic E-state index is 12.7. The Labute approximate surface area is 166 Å². The summed E-state index contributed by atoms with van der Waals surface area (Å²) in [7, 11) is -1.20. The zero-order chi connectivity index (χ0) is 19.0. The van der Waals surface area contributed by atoms with E-state index in [2.05, 4.69) is 5.10 Å². The first-order valence-electron chi connectivity index (χ1n) is 8.25. The van der Waals surface area contributed by atoms with Gasteiger partial charge in [-0.05, 0) is 40.9 Å². The van der Waals surface area contributed by atoms with Crippen LogP contribution in [0.4, 0.5) is 0 Å². The minimum Gasteiger partial charge on any atom is -0.427 e. The van der Waals surface area contributed by atoms with Crippen molar-refractivity contribution >= 4 is 47.8 Å². The average molecular weight is 395 g/mol. The van der Waals surface area contributed by atoms with Crippen LogP contribution in [0.5, 0.6) is 0 Å². The SMILES string of the molecule is O=C(c1ccccc1Cl)N1N=Cc2cc(-c3ccccc3Cl)ccc2B1O. The summed E-state index contributed by atoms with van der Waals surface area (Å²) in [5, 5.41) is 15.8. The molecular formula is C20H13BCl2N2O2. The van der Waals surface area contributed by atoms with Gasteiger partial charge in [0.05, 0.1) is 16.8 Å². The van der Waals surface area contributed by atoms with E-state index in [-0.39, 0.29) is 5.56 Å². The van der Waals surface area contributed by atoms with Gasteiger partial charge in [0, 0.05) is 10.6 Å². The number of carbonyl (C=O) groups is 1. The van der Waals surface area contributed by atoms with E-state index < -0.39 is 13.0 Å². The lowest BCUT2D eigenvalue weighted by Gasteiger charge is -2.25. The Morgan fingerprint density at radius 3 is 2.41 bits per heavy atom. The van der Waals surface area contributed by atoms with E-state index in [1.807, 2.05) is 36.4 Å². The van der Waals surface area contributed by atoms with Crippen LogP contribution in [0.3, 0.4) is 0 Å². The molecule has 0 aliphatic carbocycles. The van der Waals surface area contributed by atoms with Crippen molar-refractivity contribution in [3.8, 4) is 11.1 Å². The summed E-state index contributed by atoms with van der Waals surface area (Å²) in [6, 6.07) is 19.7. The molecule has 7 heteroatoms. The molecule has 0 spiro atoms. The Morgan fingerprint density at radius 2 is 1.67 bits per heavy atom. The first kappa shape index (κ1) is 17.8. The monoisotopic (exact) mass is 394 g/mol. The van der Waals surface area contributed by atoms with Gasteiger partial charge in [-0.1, -0.05) is 65.7 Å². The molecule has 0 unspecified atom stereocenters. The second-order valence-corrected chi connectivity index (χ2v) is 6.89. The van der Waals surface area contributed by atoms with Gasteiger partial charge in [0.25, 0.3) is 5.91 Å². The molecule has 0 saturated carbocycles. The van der Waals surface area contributed by atoms with Crippen molar-refractivity contribution in [2.24, 2.45) is 5.10 Å². The summed E-state index contributed by atoms with van der Waals surface area (Å²) in [5.41, 5.74) is 3.39. The van der Waals surface area contributed by atoms with E-state index in [0.29, 0.717) is 15.5 Å². The smallest absolute Gasteiger partial charge is 0.427 e. The molecule has 3 aromatic carbocycles. The molecule has 1 aliphatic heterocycles. The lowest BCUT2D eigenvalue weighted by molar-refractivity contribution is 0.0846. The van der Waals surface area contributed by atoms with Gasteiger partial charge in [-0.25, -0.2) is 4.92 Å². The number of rotatable bonds is 2. The summed E-state index contributed by atoms with van der Waals surface area (Å²) in [4.78, 5) is 13.8. The van der Waals surface area contributed by atoms with Crippen molar-refractivity contribution < 1.29 is 9.82 Å². The van der Waals surface area contributed by atoms with Crippen LogP contribution in [0, 0.1) is 0 Å². The van der Waals surface area contributed by atoms with Gasteiger partial charge in [0.2, 0.25) is 0 Å². The maximum Gasteiger partial charge on any atom is 0.474 e. The van der Waals surface area contributed by atoms with Crippen molar-refractivity contribution in [1.82, 2.24) is 4.92 Å². The Morgan fingerprint density at radius 1 is 0.963 bits per heavy atom. The minimum atomic E-state index is -1.20. The van der Waals surface area contributed by atoms with E-state index >= 15 is 0 Å². The molecule has 0 saturated heterocycles. The molecule has 0 fully saturated rings. The molecule has 1 N–H and O–H groups in total. The molecule has 0 bridgehead atoms. The first-order chi connectivity index (χ1) is 13.1. The largest absolute Gasteiger partial charge is 0.474 e. The van der Waals surface area contributed by atoms with Crippen LogP contribution in [0.25, 0.3) is 11.1 Å². The fourth-order valence-corrected chi connectivity index (χ4v) is 3.49. The van der Waals surface area contributed by atoms with Crippen LogP contribution in [-0.2, 0) is 0 Å². The van der Waals surface area contributed by atoms with Gasteiger partial charge in [-0.3, -0.25) is 4.79 Å². The highest BCUT2D eigenvalue weighted by molar-refractivity contribution is 6.68. The van der Waals surface area contributed by atoms with Crippen LogP contribution in [0.1, 0.15) is 15.9 Å². The molecular weight excluding hydrogens is 382 g/mol. The highest BCUT2D eigenvalue weighted by atomic mass is 35.5. The van der Waals surface area contributed by atoms with Gasteiger partial charge in [0.1, 0.15) is 0 Å². The van der Waals surface area contributed by atoms with Crippen LogP contribution < -0.4 is 5.46 Å². The predicted octanol–water partition coefficient (Wildman–Crippen LogP) is 3.84. The number of nitrogens with zero attached hydrogens (tertiary/aromatic N) is 2. The Kier molecular flexibility index (Phi) is 4.74. The lowest BCUT2D eigenvalue weighted by Crippen LogP contribution is -2.52. The van der Waals surface area contributed by atoms with Gasteiger partial charge >= 0.3 is 7.05 Å². The molecule has 1 heterocycles. The Balaban J connectivity index is 1.69. The van der Waals surface area contributed by atoms with Gasteiger partial charge < -0.3 is 5.02 Å². The van der Waals surface area contributed by atoms with Gasteiger partial charge in [0.15, 0.2) is 0 Å². The molecule has 1 amide bonds. The van der Waals surface area contributed by atoms with Crippen LogP contribution in [0.15, 0.2) is 71.8 Å². The highest BCUT2D eigenvalue weighted by Gasteiger charge is 2.34. The second kappa shape index (κ2) is 7.20. The van der Waals surface area contributed by atoms with Crippen molar-refractivity contribution in [2.75, 3.05) is 0 Å². The number of fused-ring (bicyclic) bond motifs is 1. The topological polar surface area (TPSA) is 52.9 Å². The Bertz CT molecular complexity index is 1070. The second-order valence-electron chi connectivity index (χ2n) is 6.07. The number of carbonyl (C=O) groups excluding carboxylic acids is 1. The van der Waals surface area contributed by atoms with E-state index in [0.717, 1.165) is 21.6 Å². The van der Waals surface area contributed by atoms with Crippen molar-refractivity contribution in [3.05, 3.63) is 87.9 Å². The predicted molar refractivity (Wildman–Crippen MR) is 110 cm³/mol. The molecule has 0 atom stereocenters. The van der Waals surface area contributed by atoms with Crippen LogP contribution in [-0.4, -0.2) is 29.1 Å². The van der Waals surface area contributed by atoms with Crippen molar-refractivity contribution in [2.45, 2.75) is 0 Å². The standard InChI is InChI=1S/C20H13BCl2N2O2/c22-18-7-3-1-5-15(18)13-9-10-17-14(11-13)12-24-25(21(17)27)20(26)16-6-2-4-8-19(16)23/h1-12,27H. The normalized spacial score (nSPS) is 12.9. The van der Waals surface area contributed by atoms with Crippen molar-refractivity contribution in [1.29, 1.82) is 0 Å². The molecule has 4 nitrogen and oxygen atoms in total. The third kappa shape index (κ3) is 3.25. The highest BCUT2D eigenvalue weighted by Crippen LogP contribution is 2.28. The lowest BCUT2D eigenvalue weighted by atomic mass is 9.69. The summed E-state index contributed by atoms with van der Waals surface area (Å²) in [6.45, 7) is 0. The van der Waals surface area contributed by atoms with E-state index in [1.54, 1.807) is 36.5 Å². The average Bonchev–Trinajstić information content (AvgIpc) is 2.68. The quantitative estimate of drug-likeness (QED) is 0.671. The maximum absolute atomic E-state index is 12.7. The third-order valence-corrected chi connectivity index (χ3v) is 5.07. The molecule has 4 rings (SSSR count). The minimum absolute atomic E-state index is 0.284. The third-order valence-electron chi connectivity index (χ3n) is 4.42. The number of amides is 1. The number of hydrogen-bond acceptors (Lipinski definition) is 3. The zero-order valence-corrected chi connectivity index (χ0v) is 15.5. The van der Waals surface area contributed by atoms with Crippen molar-refractivity contribution in [3.63, 3.8) is 0 Å². The van der Waals surface area contributed by atoms with E-state index in [4.69, 9.17) is 23.2 Å². The summed E-state index contributed by atoms with van der Waals surface area (Å²) in [5.74, 6) is -0.467. The number of benzene rings is 3. The van der Waals surface area contributed by atoms with Crippen LogP contribution in [0.2, 0.25) is 10.0 Å². The number of halogens is 2. The van der Waals surface area contributed by atoms with Gasteiger partial charge in [-0.2, -0.15) is 5.10 Å². The molecule has 0 aromatic heterocycles. The van der Waals surface area contributed by atoms with E-state index in [9.17, 15) is 9.82 Å². The molecule has 3 aromatic rings. The number of hydrogen-bond donors (Lipinski definition) is 1. The zero-order valence-electron chi connectivity index (χ0n) is 14.0. The molecule has 27 heavy (non-hydrogen) atoms. The van der Waals surface area contributed by atoms with E-state index in [1.165, 1.54) is 0 Å². The summed E-state index contributed by atoms with van der Waals surface area (Å²) in [6.07, 6.45) is 1.55. The Hall–Kier alpha value is -2.60. The van der Waals surface area contributed by atoms with Gasteiger partial charge in [-0.15, -0.1) is 0 Å².